The highest BCUT2D eigenvalue weighted by molar-refractivity contribution is 9.10. The Morgan fingerprint density at radius 2 is 2.14 bits per heavy atom. The van der Waals surface area contributed by atoms with Crippen molar-refractivity contribution in [1.82, 2.24) is 9.97 Å². The Labute approximate surface area is 94.4 Å². The van der Waals surface area contributed by atoms with Gasteiger partial charge in [-0.2, -0.15) is 11.3 Å². The molecule has 2 heterocycles. The van der Waals surface area contributed by atoms with Crippen molar-refractivity contribution >= 4 is 33.1 Å². The third-order valence-corrected chi connectivity index (χ3v) is 3.50. The first-order valence-corrected chi connectivity index (χ1v) is 5.76. The Kier molecular flexibility index (Phi) is 2.79. The van der Waals surface area contributed by atoms with Crippen LogP contribution in [-0.4, -0.2) is 17.0 Å². The van der Waals surface area contributed by atoms with Crippen LogP contribution in [0.2, 0.25) is 0 Å². The molecule has 0 bridgehead atoms. The van der Waals surface area contributed by atoms with Crippen molar-refractivity contribution in [3.63, 3.8) is 0 Å². The second kappa shape index (κ2) is 4.06. The Morgan fingerprint density at radius 3 is 2.64 bits per heavy atom. The number of nitrogens with one attached hydrogen (secondary N) is 1. The highest BCUT2D eigenvalue weighted by Gasteiger charge is 2.05. The van der Waals surface area contributed by atoms with Crippen LogP contribution in [0.4, 0.5) is 5.82 Å². The number of rotatable bonds is 2. The zero-order valence-corrected chi connectivity index (χ0v) is 9.89. The average Bonchev–Trinajstić information content (AvgIpc) is 2.65. The quantitative estimate of drug-likeness (QED) is 0.911. The number of anilines is 1. The molecule has 2 aromatic rings. The van der Waals surface area contributed by atoms with E-state index in [1.165, 1.54) is 0 Å². The first-order chi connectivity index (χ1) is 6.81. The zero-order valence-electron chi connectivity index (χ0n) is 7.49. The van der Waals surface area contributed by atoms with Crippen molar-refractivity contribution in [2.45, 2.75) is 0 Å². The molecule has 0 aliphatic carbocycles. The van der Waals surface area contributed by atoms with Crippen LogP contribution in [0.15, 0.2) is 27.6 Å². The number of aromatic nitrogens is 2. The van der Waals surface area contributed by atoms with Crippen LogP contribution < -0.4 is 5.32 Å². The maximum Gasteiger partial charge on any atom is 0.144 e. The van der Waals surface area contributed by atoms with E-state index in [4.69, 9.17) is 0 Å². The van der Waals surface area contributed by atoms with E-state index in [0.29, 0.717) is 0 Å². The van der Waals surface area contributed by atoms with Crippen LogP contribution in [0.5, 0.6) is 0 Å². The molecular weight excluding hydrogens is 262 g/mol. The van der Waals surface area contributed by atoms with Gasteiger partial charge in [0.05, 0.1) is 18.1 Å². The SMILES string of the molecule is CNc1cnc(-c2cscc2Br)cn1. The molecule has 0 saturated carbocycles. The van der Waals surface area contributed by atoms with Gasteiger partial charge in [0.1, 0.15) is 5.82 Å². The summed E-state index contributed by atoms with van der Waals surface area (Å²) in [5.74, 6) is 0.778. The largest absolute Gasteiger partial charge is 0.372 e. The maximum absolute atomic E-state index is 4.30. The summed E-state index contributed by atoms with van der Waals surface area (Å²) < 4.78 is 1.06. The second-order valence-corrected chi connectivity index (χ2v) is 4.27. The number of halogens is 1. The molecule has 0 spiro atoms. The molecule has 0 unspecified atom stereocenters. The molecule has 72 valence electrons. The molecule has 14 heavy (non-hydrogen) atoms. The first kappa shape index (κ1) is 9.61. The van der Waals surface area contributed by atoms with Crippen molar-refractivity contribution in [2.24, 2.45) is 0 Å². The van der Waals surface area contributed by atoms with Crippen molar-refractivity contribution in [1.29, 1.82) is 0 Å². The molecule has 0 aromatic carbocycles. The Bertz CT molecular complexity index is 424. The van der Waals surface area contributed by atoms with Crippen LogP contribution in [0.3, 0.4) is 0 Å². The summed E-state index contributed by atoms with van der Waals surface area (Å²) in [6, 6.07) is 0. The minimum absolute atomic E-state index is 0.778. The molecule has 0 atom stereocenters. The van der Waals surface area contributed by atoms with Crippen molar-refractivity contribution < 1.29 is 0 Å². The van der Waals surface area contributed by atoms with Gasteiger partial charge in [0.25, 0.3) is 0 Å². The topological polar surface area (TPSA) is 37.8 Å². The fourth-order valence-electron chi connectivity index (χ4n) is 1.06. The van der Waals surface area contributed by atoms with Gasteiger partial charge in [0.15, 0.2) is 0 Å². The molecular formula is C9H8BrN3S. The van der Waals surface area contributed by atoms with Crippen LogP contribution in [0, 0.1) is 0 Å². The molecule has 0 radical (unpaired) electrons. The number of hydrogen-bond acceptors (Lipinski definition) is 4. The van der Waals surface area contributed by atoms with E-state index in [-0.39, 0.29) is 0 Å². The van der Waals surface area contributed by atoms with E-state index < -0.39 is 0 Å². The van der Waals surface area contributed by atoms with E-state index in [9.17, 15) is 0 Å². The van der Waals surface area contributed by atoms with Crippen LogP contribution in [-0.2, 0) is 0 Å². The summed E-state index contributed by atoms with van der Waals surface area (Å²) in [4.78, 5) is 8.51. The van der Waals surface area contributed by atoms with Crippen molar-refractivity contribution in [3.8, 4) is 11.3 Å². The number of thiophene rings is 1. The monoisotopic (exact) mass is 269 g/mol. The molecule has 5 heteroatoms. The van der Waals surface area contributed by atoms with Crippen molar-refractivity contribution in [2.75, 3.05) is 12.4 Å². The highest BCUT2D eigenvalue weighted by Crippen LogP contribution is 2.29. The third-order valence-electron chi connectivity index (χ3n) is 1.80. The summed E-state index contributed by atoms with van der Waals surface area (Å²) in [6.07, 6.45) is 3.48. The third kappa shape index (κ3) is 1.78. The van der Waals surface area contributed by atoms with E-state index in [2.05, 4.69) is 31.2 Å². The van der Waals surface area contributed by atoms with Gasteiger partial charge < -0.3 is 5.32 Å². The lowest BCUT2D eigenvalue weighted by Crippen LogP contribution is -1.93. The minimum Gasteiger partial charge on any atom is -0.372 e. The maximum atomic E-state index is 4.30. The lowest BCUT2D eigenvalue weighted by Gasteiger charge is -2.00. The van der Waals surface area contributed by atoms with Crippen LogP contribution >= 0.6 is 27.3 Å². The van der Waals surface area contributed by atoms with Gasteiger partial charge in [0.2, 0.25) is 0 Å². The van der Waals surface area contributed by atoms with Crippen LogP contribution in [0.1, 0.15) is 0 Å². The summed E-state index contributed by atoms with van der Waals surface area (Å²) >= 11 is 5.11. The Hall–Kier alpha value is -0.940. The molecule has 2 aromatic heterocycles. The van der Waals surface area contributed by atoms with Gasteiger partial charge in [-0.25, -0.2) is 4.98 Å². The van der Waals surface area contributed by atoms with Gasteiger partial charge in [-0.3, -0.25) is 4.98 Å². The lowest BCUT2D eigenvalue weighted by atomic mass is 10.2. The Morgan fingerprint density at radius 1 is 1.29 bits per heavy atom. The molecule has 0 saturated heterocycles. The fraction of sp³-hybridized carbons (Fsp3) is 0.111. The smallest absolute Gasteiger partial charge is 0.144 e. The second-order valence-electron chi connectivity index (χ2n) is 2.67. The molecule has 1 N–H and O–H groups in total. The zero-order chi connectivity index (χ0) is 9.97. The van der Waals surface area contributed by atoms with E-state index in [0.717, 1.165) is 21.5 Å². The molecule has 2 rings (SSSR count). The predicted octanol–water partition coefficient (Wildman–Crippen LogP) is 3.01. The van der Waals surface area contributed by atoms with E-state index >= 15 is 0 Å². The Balaban J connectivity index is 2.39. The minimum atomic E-state index is 0.778. The first-order valence-electron chi connectivity index (χ1n) is 4.03. The van der Waals surface area contributed by atoms with Crippen molar-refractivity contribution in [3.05, 3.63) is 27.6 Å². The van der Waals surface area contributed by atoms with Gasteiger partial charge >= 0.3 is 0 Å². The van der Waals surface area contributed by atoms with Crippen LogP contribution in [0.25, 0.3) is 11.3 Å². The molecule has 0 fully saturated rings. The molecule has 0 aliphatic rings. The standard InChI is InChI=1S/C9H8BrN3S/c1-11-9-3-12-8(2-13-9)6-4-14-5-7(6)10/h2-5H,1H3,(H,11,13). The number of nitrogens with zero attached hydrogens (tertiary/aromatic N) is 2. The molecule has 0 aliphatic heterocycles. The lowest BCUT2D eigenvalue weighted by molar-refractivity contribution is 1.19. The summed E-state index contributed by atoms with van der Waals surface area (Å²) in [6.45, 7) is 0. The van der Waals surface area contributed by atoms with Gasteiger partial charge in [0, 0.05) is 27.8 Å². The predicted molar refractivity (Wildman–Crippen MR) is 62.6 cm³/mol. The van der Waals surface area contributed by atoms with Gasteiger partial charge in [-0.15, -0.1) is 0 Å². The van der Waals surface area contributed by atoms with Gasteiger partial charge in [-0.1, -0.05) is 0 Å². The fourth-order valence-corrected chi connectivity index (χ4v) is 2.55. The van der Waals surface area contributed by atoms with E-state index in [1.54, 1.807) is 23.7 Å². The normalized spacial score (nSPS) is 10.1. The summed E-state index contributed by atoms with van der Waals surface area (Å²) in [5.41, 5.74) is 1.97. The summed E-state index contributed by atoms with van der Waals surface area (Å²) in [5, 5.41) is 7.01. The molecule has 3 nitrogen and oxygen atoms in total. The van der Waals surface area contributed by atoms with E-state index in [1.807, 2.05) is 17.8 Å². The average molecular weight is 270 g/mol. The summed E-state index contributed by atoms with van der Waals surface area (Å²) in [7, 11) is 1.82. The number of hydrogen-bond donors (Lipinski definition) is 1. The highest BCUT2D eigenvalue weighted by atomic mass is 79.9. The van der Waals surface area contributed by atoms with Gasteiger partial charge in [-0.05, 0) is 15.9 Å². The molecule has 0 amide bonds.